The quantitative estimate of drug-likeness (QED) is 0.777. The highest BCUT2D eigenvalue weighted by atomic mass is 16.3. The maximum Gasteiger partial charge on any atom is 0.0662 e. The van der Waals surface area contributed by atoms with Crippen LogP contribution in [0.15, 0.2) is 24.3 Å². The average molecular weight is 207 g/mol. The Balaban J connectivity index is 2.50. The molecule has 2 atom stereocenters. The van der Waals surface area contributed by atoms with Gasteiger partial charge in [-0.05, 0) is 25.8 Å². The smallest absolute Gasteiger partial charge is 0.0662 e. The van der Waals surface area contributed by atoms with E-state index in [1.54, 1.807) is 0 Å². The standard InChI is InChI=1S/C13H21NO/c1-4-13(15)9-14-11(3)12-7-5-6-10(2)8-12/h5-8,11,13-15H,4,9H2,1-3H3. The first-order chi connectivity index (χ1) is 7.13. The Morgan fingerprint density at radius 3 is 2.73 bits per heavy atom. The first-order valence-electron chi connectivity index (χ1n) is 5.61. The molecular weight excluding hydrogens is 186 g/mol. The summed E-state index contributed by atoms with van der Waals surface area (Å²) in [5.74, 6) is 0. The Bertz CT molecular complexity index is 298. The highest BCUT2D eigenvalue weighted by molar-refractivity contribution is 5.24. The van der Waals surface area contributed by atoms with Gasteiger partial charge >= 0.3 is 0 Å². The van der Waals surface area contributed by atoms with Gasteiger partial charge in [0.1, 0.15) is 0 Å². The molecule has 84 valence electrons. The lowest BCUT2D eigenvalue weighted by atomic mass is 10.1. The molecule has 2 heteroatoms. The van der Waals surface area contributed by atoms with Crippen molar-refractivity contribution in [3.63, 3.8) is 0 Å². The van der Waals surface area contributed by atoms with Crippen molar-refractivity contribution in [2.24, 2.45) is 0 Å². The molecule has 0 aliphatic rings. The zero-order valence-electron chi connectivity index (χ0n) is 9.83. The van der Waals surface area contributed by atoms with Gasteiger partial charge in [-0.1, -0.05) is 36.8 Å². The summed E-state index contributed by atoms with van der Waals surface area (Å²) in [4.78, 5) is 0. The molecule has 0 aromatic heterocycles. The van der Waals surface area contributed by atoms with Gasteiger partial charge in [0.15, 0.2) is 0 Å². The second-order valence-electron chi connectivity index (χ2n) is 4.11. The Morgan fingerprint density at radius 1 is 1.40 bits per heavy atom. The van der Waals surface area contributed by atoms with Crippen molar-refractivity contribution < 1.29 is 5.11 Å². The molecule has 0 fully saturated rings. The van der Waals surface area contributed by atoms with Crippen LogP contribution >= 0.6 is 0 Å². The normalized spacial score (nSPS) is 14.9. The summed E-state index contributed by atoms with van der Waals surface area (Å²) in [5, 5.41) is 12.8. The number of nitrogens with one attached hydrogen (secondary N) is 1. The number of benzene rings is 1. The molecule has 0 amide bonds. The van der Waals surface area contributed by atoms with Crippen LogP contribution in [0.4, 0.5) is 0 Å². The van der Waals surface area contributed by atoms with Gasteiger partial charge in [-0.25, -0.2) is 0 Å². The molecule has 2 unspecified atom stereocenters. The average Bonchev–Trinajstić information content (AvgIpc) is 2.25. The van der Waals surface area contributed by atoms with Crippen molar-refractivity contribution in [1.29, 1.82) is 0 Å². The molecule has 0 heterocycles. The third-order valence-corrected chi connectivity index (χ3v) is 2.67. The predicted octanol–water partition coefficient (Wildman–Crippen LogP) is 2.42. The van der Waals surface area contributed by atoms with E-state index in [-0.39, 0.29) is 6.10 Å². The Kier molecular flexibility index (Phi) is 4.79. The Morgan fingerprint density at radius 2 is 2.13 bits per heavy atom. The summed E-state index contributed by atoms with van der Waals surface area (Å²) >= 11 is 0. The minimum absolute atomic E-state index is 0.239. The van der Waals surface area contributed by atoms with Gasteiger partial charge in [-0.15, -0.1) is 0 Å². The van der Waals surface area contributed by atoms with Gasteiger partial charge < -0.3 is 10.4 Å². The second-order valence-corrected chi connectivity index (χ2v) is 4.11. The number of rotatable bonds is 5. The molecule has 0 saturated carbocycles. The van der Waals surface area contributed by atoms with E-state index >= 15 is 0 Å². The maximum absolute atomic E-state index is 9.45. The zero-order valence-corrected chi connectivity index (χ0v) is 9.83. The summed E-state index contributed by atoms with van der Waals surface area (Å²) in [6, 6.07) is 8.75. The summed E-state index contributed by atoms with van der Waals surface area (Å²) in [5.41, 5.74) is 2.55. The Labute approximate surface area is 92.3 Å². The molecule has 0 aliphatic carbocycles. The second kappa shape index (κ2) is 5.89. The van der Waals surface area contributed by atoms with Gasteiger partial charge in [0.05, 0.1) is 6.10 Å². The molecular formula is C13H21NO. The molecule has 1 aromatic rings. The van der Waals surface area contributed by atoms with Crippen LogP contribution in [-0.2, 0) is 0 Å². The maximum atomic E-state index is 9.45. The van der Waals surface area contributed by atoms with Crippen LogP contribution in [0.25, 0.3) is 0 Å². The number of aliphatic hydroxyl groups is 1. The number of hydrogen-bond donors (Lipinski definition) is 2. The minimum atomic E-state index is -0.239. The van der Waals surface area contributed by atoms with Gasteiger partial charge in [0, 0.05) is 12.6 Å². The van der Waals surface area contributed by atoms with E-state index < -0.39 is 0 Å². The summed E-state index contributed by atoms with van der Waals surface area (Å²) in [6.07, 6.45) is 0.560. The van der Waals surface area contributed by atoms with Crippen LogP contribution in [0, 0.1) is 6.92 Å². The van der Waals surface area contributed by atoms with Crippen molar-refractivity contribution in [2.45, 2.75) is 39.3 Å². The fraction of sp³-hybridized carbons (Fsp3) is 0.538. The van der Waals surface area contributed by atoms with Crippen LogP contribution in [0.3, 0.4) is 0 Å². The number of aliphatic hydroxyl groups excluding tert-OH is 1. The summed E-state index contributed by atoms with van der Waals surface area (Å²) < 4.78 is 0. The zero-order chi connectivity index (χ0) is 11.3. The first kappa shape index (κ1) is 12.2. The molecule has 1 rings (SSSR count). The molecule has 15 heavy (non-hydrogen) atoms. The van der Waals surface area contributed by atoms with Crippen LogP contribution in [0.2, 0.25) is 0 Å². The third kappa shape index (κ3) is 4.02. The van der Waals surface area contributed by atoms with E-state index in [4.69, 9.17) is 0 Å². The van der Waals surface area contributed by atoms with E-state index in [9.17, 15) is 5.11 Å². The topological polar surface area (TPSA) is 32.3 Å². The van der Waals surface area contributed by atoms with Crippen LogP contribution in [0.1, 0.15) is 37.4 Å². The van der Waals surface area contributed by atoms with E-state index in [0.717, 1.165) is 6.42 Å². The van der Waals surface area contributed by atoms with Crippen LogP contribution in [-0.4, -0.2) is 17.8 Å². The van der Waals surface area contributed by atoms with Crippen molar-refractivity contribution in [1.82, 2.24) is 5.32 Å². The van der Waals surface area contributed by atoms with Crippen molar-refractivity contribution in [3.05, 3.63) is 35.4 Å². The third-order valence-electron chi connectivity index (χ3n) is 2.67. The highest BCUT2D eigenvalue weighted by Crippen LogP contribution is 2.13. The van der Waals surface area contributed by atoms with E-state index in [1.165, 1.54) is 11.1 Å². The van der Waals surface area contributed by atoms with Crippen molar-refractivity contribution in [2.75, 3.05) is 6.54 Å². The summed E-state index contributed by atoms with van der Waals surface area (Å²) in [7, 11) is 0. The molecule has 2 nitrogen and oxygen atoms in total. The molecule has 0 spiro atoms. The number of hydrogen-bond acceptors (Lipinski definition) is 2. The highest BCUT2D eigenvalue weighted by Gasteiger charge is 2.06. The molecule has 0 aliphatic heterocycles. The lowest BCUT2D eigenvalue weighted by Crippen LogP contribution is -2.28. The lowest BCUT2D eigenvalue weighted by Gasteiger charge is -2.17. The predicted molar refractivity (Wildman–Crippen MR) is 63.9 cm³/mol. The lowest BCUT2D eigenvalue weighted by molar-refractivity contribution is 0.164. The molecule has 0 saturated heterocycles. The molecule has 2 N–H and O–H groups in total. The molecule has 0 bridgehead atoms. The fourth-order valence-electron chi connectivity index (χ4n) is 1.51. The monoisotopic (exact) mass is 207 g/mol. The SMILES string of the molecule is CCC(O)CNC(C)c1cccc(C)c1. The van der Waals surface area contributed by atoms with E-state index in [2.05, 4.69) is 43.4 Å². The Hall–Kier alpha value is -0.860. The first-order valence-corrected chi connectivity index (χ1v) is 5.61. The van der Waals surface area contributed by atoms with Gasteiger partial charge in [-0.3, -0.25) is 0 Å². The van der Waals surface area contributed by atoms with Crippen molar-refractivity contribution >= 4 is 0 Å². The van der Waals surface area contributed by atoms with E-state index in [0.29, 0.717) is 12.6 Å². The van der Waals surface area contributed by atoms with Crippen LogP contribution < -0.4 is 5.32 Å². The van der Waals surface area contributed by atoms with Gasteiger partial charge in [-0.2, -0.15) is 0 Å². The van der Waals surface area contributed by atoms with Crippen LogP contribution in [0.5, 0.6) is 0 Å². The van der Waals surface area contributed by atoms with Crippen molar-refractivity contribution in [3.8, 4) is 0 Å². The van der Waals surface area contributed by atoms with Gasteiger partial charge in [0.2, 0.25) is 0 Å². The summed E-state index contributed by atoms with van der Waals surface area (Å²) in [6.45, 7) is 6.86. The molecule has 1 aromatic carbocycles. The van der Waals surface area contributed by atoms with Gasteiger partial charge in [0.25, 0.3) is 0 Å². The minimum Gasteiger partial charge on any atom is -0.392 e. The van der Waals surface area contributed by atoms with E-state index in [1.807, 2.05) is 6.92 Å². The molecule has 0 radical (unpaired) electrons. The number of aryl methyl sites for hydroxylation is 1. The largest absolute Gasteiger partial charge is 0.392 e. The fourth-order valence-corrected chi connectivity index (χ4v) is 1.51.